The SMILES string of the molecule is Cc1cc2c3c(c1)N(c1c(-c4ccccc4)cc(C(C)(C)c4ccccc4)cc1-c1ccc(-c4ccccc4)cc1)c1cc(C(C)(C)c4ccccc4)ccc1B3c1cc3c(cc1N2c1ccc2c(c1)C(C)(C)CCC2(C)C)C(C)(C)CCC3(C)C. The van der Waals surface area contributed by atoms with Gasteiger partial charge in [0.2, 0.25) is 0 Å². The predicted molar refractivity (Wildman–Crippen MR) is 369 cm³/mol. The van der Waals surface area contributed by atoms with Crippen molar-refractivity contribution in [3.63, 3.8) is 0 Å². The smallest absolute Gasteiger partial charge is 0.252 e. The van der Waals surface area contributed by atoms with Crippen molar-refractivity contribution in [1.29, 1.82) is 0 Å². The summed E-state index contributed by atoms with van der Waals surface area (Å²) in [6.07, 6.45) is 4.63. The summed E-state index contributed by atoms with van der Waals surface area (Å²) in [4.78, 5) is 5.47. The molecule has 0 bridgehead atoms. The van der Waals surface area contributed by atoms with E-state index < -0.39 is 0 Å². The zero-order chi connectivity index (χ0) is 59.9. The lowest BCUT2D eigenvalue weighted by Gasteiger charge is -2.48. The minimum absolute atomic E-state index is 0.000436. The van der Waals surface area contributed by atoms with Crippen molar-refractivity contribution < 1.29 is 0 Å². The number of fused-ring (bicyclic) bond motifs is 6. The van der Waals surface area contributed by atoms with Crippen molar-refractivity contribution in [2.24, 2.45) is 0 Å². The Labute approximate surface area is 514 Å². The van der Waals surface area contributed by atoms with Crippen LogP contribution in [0, 0.1) is 6.92 Å². The fraction of sp³-hybridized carbons (Fsp3) is 0.277. The lowest BCUT2D eigenvalue weighted by Crippen LogP contribution is -2.62. The highest BCUT2D eigenvalue weighted by Crippen LogP contribution is 2.56. The fourth-order valence-corrected chi connectivity index (χ4v) is 15.6. The third kappa shape index (κ3) is 8.96. The average Bonchev–Trinajstić information content (AvgIpc) is 0.692. The maximum absolute atomic E-state index is 2.75. The Balaban J connectivity index is 1.13. The van der Waals surface area contributed by atoms with Crippen LogP contribution in [0.2, 0.25) is 0 Å². The Kier molecular flexibility index (Phi) is 12.9. The quantitative estimate of drug-likeness (QED) is 0.133. The molecule has 10 aromatic carbocycles. The summed E-state index contributed by atoms with van der Waals surface area (Å²) in [5, 5.41) is 0. The van der Waals surface area contributed by atoms with Gasteiger partial charge >= 0.3 is 0 Å². The first kappa shape index (κ1) is 55.7. The second-order valence-corrected chi connectivity index (χ2v) is 29.5. The Morgan fingerprint density at radius 2 is 0.767 bits per heavy atom. The highest BCUT2D eigenvalue weighted by molar-refractivity contribution is 7.00. The normalized spacial score (nSPS) is 16.8. The second kappa shape index (κ2) is 20.0. The van der Waals surface area contributed by atoms with Gasteiger partial charge in [0.1, 0.15) is 0 Å². The molecular formula is C83H83BN2. The maximum atomic E-state index is 2.75. The molecule has 4 aliphatic rings. The largest absolute Gasteiger partial charge is 0.311 e. The van der Waals surface area contributed by atoms with Gasteiger partial charge in [-0.15, -0.1) is 0 Å². The lowest BCUT2D eigenvalue weighted by atomic mass is 9.33. The van der Waals surface area contributed by atoms with Crippen LogP contribution in [-0.4, -0.2) is 6.71 Å². The Bertz CT molecular complexity index is 4280. The topological polar surface area (TPSA) is 6.48 Å². The molecule has 0 fully saturated rings. The summed E-state index contributed by atoms with van der Waals surface area (Å²) < 4.78 is 0. The van der Waals surface area contributed by atoms with Gasteiger partial charge in [-0.25, -0.2) is 0 Å². The fourth-order valence-electron chi connectivity index (χ4n) is 15.6. The van der Waals surface area contributed by atoms with Gasteiger partial charge in [0.15, 0.2) is 0 Å². The number of hydrogen-bond donors (Lipinski definition) is 0. The van der Waals surface area contributed by atoms with Crippen molar-refractivity contribution in [3.8, 4) is 33.4 Å². The molecule has 0 amide bonds. The lowest BCUT2D eigenvalue weighted by molar-refractivity contribution is 0.332. The van der Waals surface area contributed by atoms with Gasteiger partial charge in [-0.1, -0.05) is 253 Å². The molecule has 0 unspecified atom stereocenters. The van der Waals surface area contributed by atoms with E-state index in [4.69, 9.17) is 0 Å². The van der Waals surface area contributed by atoms with E-state index in [2.05, 4.69) is 318 Å². The van der Waals surface area contributed by atoms with Gasteiger partial charge in [-0.3, -0.25) is 0 Å². The van der Waals surface area contributed by atoms with Crippen LogP contribution in [0.15, 0.2) is 218 Å². The number of hydrogen-bond acceptors (Lipinski definition) is 2. The molecule has 2 aliphatic carbocycles. The van der Waals surface area contributed by atoms with Gasteiger partial charge in [-0.2, -0.15) is 0 Å². The predicted octanol–water partition coefficient (Wildman–Crippen LogP) is 20.4. The molecule has 10 aromatic rings. The van der Waals surface area contributed by atoms with Crippen LogP contribution in [0.1, 0.15) is 159 Å². The molecule has 2 aliphatic heterocycles. The van der Waals surface area contributed by atoms with E-state index in [-0.39, 0.29) is 39.2 Å². The van der Waals surface area contributed by atoms with Crippen LogP contribution in [0.5, 0.6) is 0 Å². The zero-order valence-electron chi connectivity index (χ0n) is 53.1. The molecule has 2 heterocycles. The van der Waals surface area contributed by atoms with Gasteiger partial charge in [-0.05, 0) is 192 Å². The molecule has 14 rings (SSSR count). The van der Waals surface area contributed by atoms with E-state index in [9.17, 15) is 0 Å². The molecule has 0 radical (unpaired) electrons. The monoisotopic (exact) mass is 1120 g/mol. The second-order valence-electron chi connectivity index (χ2n) is 29.5. The van der Waals surface area contributed by atoms with Gasteiger partial charge in [0, 0.05) is 50.4 Å². The summed E-state index contributed by atoms with van der Waals surface area (Å²) in [6, 6.07) is 84.5. The molecule has 0 aromatic heterocycles. The third-order valence-corrected chi connectivity index (χ3v) is 21.4. The van der Waals surface area contributed by atoms with Gasteiger partial charge < -0.3 is 9.80 Å². The first-order valence-electron chi connectivity index (χ1n) is 31.8. The third-order valence-electron chi connectivity index (χ3n) is 21.4. The van der Waals surface area contributed by atoms with E-state index in [1.165, 1.54) is 140 Å². The standard InChI is InChI=1S/C83H83BN2/c1-54-46-74-76-75(47-54)86(77-64(57-28-20-15-21-29-57)48-62(83(12,13)60-32-24-17-25-33-60)49-65(77)58-36-34-56(35-37-58)55-26-18-14-19-27-55)72-50-61(82(10,11)59-30-22-16-23-31-59)38-41-70(72)84(76)71-52-68-69(81(8,9)45-44-80(68,6)7)53-73(71)85(74)63-39-40-66-67(51-63)79(4,5)43-42-78(66,2)3/h14-41,46-53H,42-45H2,1-13H3. The zero-order valence-corrected chi connectivity index (χ0v) is 53.1. The summed E-state index contributed by atoms with van der Waals surface area (Å²) in [5.74, 6) is 0. The molecule has 0 N–H and O–H groups in total. The van der Waals surface area contributed by atoms with Crippen LogP contribution < -0.4 is 26.2 Å². The molecule has 86 heavy (non-hydrogen) atoms. The number of benzene rings is 10. The van der Waals surface area contributed by atoms with Crippen molar-refractivity contribution in [3.05, 3.63) is 268 Å². The molecule has 0 atom stereocenters. The Hall–Kier alpha value is -8.14. The van der Waals surface area contributed by atoms with Crippen molar-refractivity contribution in [2.75, 3.05) is 9.80 Å². The highest BCUT2D eigenvalue weighted by Gasteiger charge is 2.48. The number of aryl methyl sites for hydroxylation is 1. The average molecular weight is 1120 g/mol. The van der Waals surface area contributed by atoms with Crippen LogP contribution in [-0.2, 0) is 32.5 Å². The first-order chi connectivity index (χ1) is 41.0. The van der Waals surface area contributed by atoms with Crippen LogP contribution in [0.25, 0.3) is 33.4 Å². The van der Waals surface area contributed by atoms with E-state index in [1.54, 1.807) is 0 Å². The molecule has 0 spiro atoms. The molecule has 2 nitrogen and oxygen atoms in total. The molecule has 0 saturated carbocycles. The minimum Gasteiger partial charge on any atom is -0.311 e. The molecule has 428 valence electrons. The first-order valence-corrected chi connectivity index (χ1v) is 31.8. The molecule has 3 heteroatoms. The van der Waals surface area contributed by atoms with E-state index in [0.717, 1.165) is 19.3 Å². The van der Waals surface area contributed by atoms with Crippen molar-refractivity contribution in [2.45, 2.75) is 148 Å². The number of nitrogens with zero attached hydrogens (tertiary/aromatic N) is 2. The summed E-state index contributed by atoms with van der Waals surface area (Å²) in [7, 11) is 0. The maximum Gasteiger partial charge on any atom is 0.252 e. The van der Waals surface area contributed by atoms with Crippen LogP contribution in [0.4, 0.5) is 34.1 Å². The minimum atomic E-state index is -0.341. The number of anilines is 6. The van der Waals surface area contributed by atoms with Crippen LogP contribution >= 0.6 is 0 Å². The number of rotatable bonds is 9. The summed E-state index contributed by atoms with van der Waals surface area (Å²) in [5.41, 5.74) is 30.5. The molecular weight excluding hydrogens is 1040 g/mol. The highest BCUT2D eigenvalue weighted by atomic mass is 15.2. The van der Waals surface area contributed by atoms with Gasteiger partial charge in [0.05, 0.1) is 5.69 Å². The van der Waals surface area contributed by atoms with Crippen molar-refractivity contribution in [1.82, 2.24) is 0 Å². The Morgan fingerprint density at radius 3 is 1.33 bits per heavy atom. The van der Waals surface area contributed by atoms with Gasteiger partial charge in [0.25, 0.3) is 6.71 Å². The molecule has 0 saturated heterocycles. The Morgan fingerprint density at radius 1 is 0.337 bits per heavy atom. The van der Waals surface area contributed by atoms with E-state index in [1.807, 2.05) is 0 Å². The van der Waals surface area contributed by atoms with E-state index in [0.29, 0.717) is 0 Å². The summed E-state index contributed by atoms with van der Waals surface area (Å²) >= 11 is 0. The summed E-state index contributed by atoms with van der Waals surface area (Å²) in [6.45, 7) is 31.8. The van der Waals surface area contributed by atoms with Crippen LogP contribution in [0.3, 0.4) is 0 Å². The van der Waals surface area contributed by atoms with E-state index >= 15 is 0 Å². The van der Waals surface area contributed by atoms with Crippen molar-refractivity contribution >= 4 is 57.2 Å².